The lowest BCUT2D eigenvalue weighted by Gasteiger charge is -2.27. The van der Waals surface area contributed by atoms with Crippen LogP contribution in [0.25, 0.3) is 0 Å². The number of nitrogens with one attached hydrogen (secondary N) is 1. The standard InChI is InChI=1S/C13H17NO2/c1-2-12(13(15)16)10-5-3-9(4-6-10)11-7-14-8-11/h3-6,11-12,14H,2,7-8H2,1H3,(H,15,16). The minimum Gasteiger partial charge on any atom is -0.481 e. The summed E-state index contributed by atoms with van der Waals surface area (Å²) >= 11 is 0. The quantitative estimate of drug-likeness (QED) is 0.813. The van der Waals surface area contributed by atoms with E-state index in [1.54, 1.807) is 0 Å². The highest BCUT2D eigenvalue weighted by atomic mass is 16.4. The zero-order valence-electron chi connectivity index (χ0n) is 9.44. The predicted molar refractivity (Wildman–Crippen MR) is 62.7 cm³/mol. The number of carboxylic acids is 1. The second-order valence-electron chi connectivity index (χ2n) is 4.32. The average molecular weight is 219 g/mol. The van der Waals surface area contributed by atoms with Crippen LogP contribution in [0.3, 0.4) is 0 Å². The van der Waals surface area contributed by atoms with Gasteiger partial charge < -0.3 is 10.4 Å². The summed E-state index contributed by atoms with van der Waals surface area (Å²) in [5.74, 6) is -0.493. The highest BCUT2D eigenvalue weighted by Crippen LogP contribution is 2.24. The first-order valence-corrected chi connectivity index (χ1v) is 5.75. The van der Waals surface area contributed by atoms with Gasteiger partial charge in [-0.05, 0) is 17.5 Å². The van der Waals surface area contributed by atoms with Crippen LogP contribution < -0.4 is 5.32 Å². The molecule has 1 fully saturated rings. The van der Waals surface area contributed by atoms with Crippen LogP contribution in [0.4, 0.5) is 0 Å². The molecule has 0 aromatic heterocycles. The van der Waals surface area contributed by atoms with Crippen LogP contribution in [-0.2, 0) is 4.79 Å². The van der Waals surface area contributed by atoms with Gasteiger partial charge in [-0.15, -0.1) is 0 Å². The monoisotopic (exact) mass is 219 g/mol. The van der Waals surface area contributed by atoms with Gasteiger partial charge in [0.2, 0.25) is 0 Å². The third kappa shape index (κ3) is 2.09. The highest BCUT2D eigenvalue weighted by Gasteiger charge is 2.20. The molecule has 1 aromatic rings. The first kappa shape index (κ1) is 11.1. The fraction of sp³-hybridized carbons (Fsp3) is 0.462. The molecule has 0 saturated carbocycles. The molecule has 1 saturated heterocycles. The maximum absolute atomic E-state index is 11.0. The lowest BCUT2D eigenvalue weighted by atomic mass is 9.90. The number of hydrogen-bond acceptors (Lipinski definition) is 2. The molecule has 1 atom stereocenters. The summed E-state index contributed by atoms with van der Waals surface area (Å²) in [5, 5.41) is 12.3. The molecule has 2 rings (SSSR count). The summed E-state index contributed by atoms with van der Waals surface area (Å²) in [6.07, 6.45) is 0.639. The molecule has 0 spiro atoms. The average Bonchev–Trinajstić information content (AvgIpc) is 2.18. The van der Waals surface area contributed by atoms with Crippen molar-refractivity contribution < 1.29 is 9.90 Å². The van der Waals surface area contributed by atoms with Gasteiger partial charge in [-0.25, -0.2) is 0 Å². The van der Waals surface area contributed by atoms with Crippen molar-refractivity contribution in [2.24, 2.45) is 0 Å². The van der Waals surface area contributed by atoms with E-state index in [2.05, 4.69) is 17.4 Å². The molecule has 0 bridgehead atoms. The Labute approximate surface area is 95.5 Å². The van der Waals surface area contributed by atoms with E-state index >= 15 is 0 Å². The topological polar surface area (TPSA) is 49.3 Å². The summed E-state index contributed by atoms with van der Waals surface area (Å²) in [6.45, 7) is 3.98. The Balaban J connectivity index is 2.14. The van der Waals surface area contributed by atoms with E-state index in [0.717, 1.165) is 18.7 Å². The second kappa shape index (κ2) is 4.66. The number of benzene rings is 1. The number of carboxylic acid groups (broad SMARTS) is 1. The Morgan fingerprint density at radius 1 is 1.44 bits per heavy atom. The van der Waals surface area contributed by atoms with Crippen molar-refractivity contribution in [1.29, 1.82) is 0 Å². The molecule has 3 nitrogen and oxygen atoms in total. The van der Waals surface area contributed by atoms with E-state index in [4.69, 9.17) is 5.11 Å². The van der Waals surface area contributed by atoms with Crippen molar-refractivity contribution in [3.8, 4) is 0 Å². The van der Waals surface area contributed by atoms with E-state index < -0.39 is 5.97 Å². The van der Waals surface area contributed by atoms with E-state index in [9.17, 15) is 4.79 Å². The van der Waals surface area contributed by atoms with Gasteiger partial charge in [-0.1, -0.05) is 31.2 Å². The molecule has 16 heavy (non-hydrogen) atoms. The third-order valence-corrected chi connectivity index (χ3v) is 3.30. The molecule has 0 aliphatic carbocycles. The van der Waals surface area contributed by atoms with Crippen molar-refractivity contribution in [2.75, 3.05) is 13.1 Å². The Morgan fingerprint density at radius 3 is 2.44 bits per heavy atom. The number of rotatable bonds is 4. The van der Waals surface area contributed by atoms with Gasteiger partial charge in [0.15, 0.2) is 0 Å². The van der Waals surface area contributed by atoms with E-state index in [0.29, 0.717) is 12.3 Å². The summed E-state index contributed by atoms with van der Waals surface area (Å²) in [5.41, 5.74) is 2.22. The SMILES string of the molecule is CCC(C(=O)O)c1ccc(C2CNC2)cc1. The lowest BCUT2D eigenvalue weighted by Crippen LogP contribution is -2.39. The number of carbonyl (C=O) groups is 1. The van der Waals surface area contributed by atoms with Crippen LogP contribution in [0, 0.1) is 0 Å². The molecule has 0 radical (unpaired) electrons. The summed E-state index contributed by atoms with van der Waals surface area (Å²) < 4.78 is 0. The molecule has 3 heteroatoms. The van der Waals surface area contributed by atoms with Gasteiger partial charge in [0.1, 0.15) is 0 Å². The van der Waals surface area contributed by atoms with Crippen molar-refractivity contribution in [3.63, 3.8) is 0 Å². The minimum absolute atomic E-state index is 0.367. The Morgan fingerprint density at radius 2 is 2.06 bits per heavy atom. The molecular weight excluding hydrogens is 202 g/mol. The maximum atomic E-state index is 11.0. The van der Waals surface area contributed by atoms with E-state index in [1.165, 1.54) is 5.56 Å². The lowest BCUT2D eigenvalue weighted by molar-refractivity contribution is -0.138. The zero-order valence-corrected chi connectivity index (χ0v) is 9.44. The molecule has 1 aliphatic rings. The highest BCUT2D eigenvalue weighted by molar-refractivity contribution is 5.75. The fourth-order valence-corrected chi connectivity index (χ4v) is 2.08. The van der Waals surface area contributed by atoms with Crippen molar-refractivity contribution in [2.45, 2.75) is 25.2 Å². The van der Waals surface area contributed by atoms with Crippen LogP contribution >= 0.6 is 0 Å². The zero-order chi connectivity index (χ0) is 11.5. The van der Waals surface area contributed by atoms with Gasteiger partial charge in [0.25, 0.3) is 0 Å². The molecular formula is C13H17NO2. The fourth-order valence-electron chi connectivity index (χ4n) is 2.08. The van der Waals surface area contributed by atoms with Crippen LogP contribution in [-0.4, -0.2) is 24.2 Å². The van der Waals surface area contributed by atoms with Crippen molar-refractivity contribution in [1.82, 2.24) is 5.32 Å². The third-order valence-electron chi connectivity index (χ3n) is 3.30. The molecule has 0 amide bonds. The first-order valence-electron chi connectivity index (χ1n) is 5.75. The molecule has 1 aromatic carbocycles. The van der Waals surface area contributed by atoms with Gasteiger partial charge in [0, 0.05) is 19.0 Å². The van der Waals surface area contributed by atoms with Crippen LogP contribution in [0.15, 0.2) is 24.3 Å². The predicted octanol–water partition coefficient (Wildman–Crippen LogP) is 1.95. The van der Waals surface area contributed by atoms with E-state index in [-0.39, 0.29) is 5.92 Å². The maximum Gasteiger partial charge on any atom is 0.310 e. The van der Waals surface area contributed by atoms with Crippen LogP contribution in [0.2, 0.25) is 0 Å². The molecule has 1 heterocycles. The Hall–Kier alpha value is -1.35. The number of hydrogen-bond donors (Lipinski definition) is 2. The van der Waals surface area contributed by atoms with Crippen LogP contribution in [0.1, 0.15) is 36.3 Å². The summed E-state index contributed by atoms with van der Waals surface area (Å²) in [7, 11) is 0. The van der Waals surface area contributed by atoms with Gasteiger partial charge in [-0.3, -0.25) is 4.79 Å². The molecule has 1 aliphatic heterocycles. The summed E-state index contributed by atoms with van der Waals surface area (Å²) in [4.78, 5) is 11.0. The smallest absolute Gasteiger partial charge is 0.310 e. The first-order chi connectivity index (χ1) is 7.72. The van der Waals surface area contributed by atoms with Crippen molar-refractivity contribution in [3.05, 3.63) is 35.4 Å². The normalized spacial score (nSPS) is 17.8. The number of aliphatic carboxylic acids is 1. The molecule has 86 valence electrons. The van der Waals surface area contributed by atoms with Gasteiger partial charge in [-0.2, -0.15) is 0 Å². The minimum atomic E-state index is -0.736. The van der Waals surface area contributed by atoms with Crippen molar-refractivity contribution >= 4 is 5.97 Å². The molecule has 2 N–H and O–H groups in total. The summed E-state index contributed by atoms with van der Waals surface area (Å²) in [6, 6.07) is 8.03. The Bertz CT molecular complexity index is 368. The second-order valence-corrected chi connectivity index (χ2v) is 4.32. The van der Waals surface area contributed by atoms with Gasteiger partial charge in [0.05, 0.1) is 5.92 Å². The van der Waals surface area contributed by atoms with Crippen LogP contribution in [0.5, 0.6) is 0 Å². The largest absolute Gasteiger partial charge is 0.481 e. The Kier molecular flexibility index (Phi) is 3.25. The van der Waals surface area contributed by atoms with Gasteiger partial charge >= 0.3 is 5.97 Å². The van der Waals surface area contributed by atoms with E-state index in [1.807, 2.05) is 19.1 Å². The molecule has 1 unspecified atom stereocenters.